The van der Waals surface area contributed by atoms with E-state index in [0.717, 1.165) is 18.3 Å². The van der Waals surface area contributed by atoms with Crippen LogP contribution in [0.25, 0.3) is 0 Å². The molecule has 1 unspecified atom stereocenters. The number of rotatable bonds is 4. The highest BCUT2D eigenvalue weighted by Gasteiger charge is 2.41. The minimum Gasteiger partial charge on any atom is -0.477 e. The Balaban J connectivity index is 2.07. The Bertz CT molecular complexity index is 1300. The molecule has 0 saturated heterocycles. The number of nitrogens with one attached hydrogen (secondary N) is 2. The molecule has 6 bridgehead atoms. The van der Waals surface area contributed by atoms with Gasteiger partial charge in [0.05, 0.1) is 25.5 Å². The number of aliphatic hydroxyl groups is 1. The average Bonchev–Trinajstić information content (AvgIpc) is 2.81. The SMILES string of the molecule is C=CC(=O)[N+]1(C)c2cccc(c2)Nc2nc(ncc2F)Nc2cc(F)c(OC(C)(C)CO)c1c2. The van der Waals surface area contributed by atoms with Crippen LogP contribution in [0.15, 0.2) is 55.3 Å². The third-order valence-electron chi connectivity index (χ3n) is 5.51. The van der Waals surface area contributed by atoms with Gasteiger partial charge in [0.1, 0.15) is 11.3 Å². The molecule has 34 heavy (non-hydrogen) atoms. The first-order chi connectivity index (χ1) is 16.1. The number of hydrogen-bond donors (Lipinski definition) is 3. The molecule has 3 aromatic rings. The second-order valence-electron chi connectivity index (χ2n) is 8.57. The van der Waals surface area contributed by atoms with E-state index in [1.54, 1.807) is 45.2 Å². The van der Waals surface area contributed by atoms with Gasteiger partial charge in [-0.3, -0.25) is 0 Å². The summed E-state index contributed by atoms with van der Waals surface area (Å²) in [6.07, 6.45) is 2.13. The van der Waals surface area contributed by atoms with Gasteiger partial charge in [-0.05, 0) is 19.9 Å². The van der Waals surface area contributed by atoms with Gasteiger partial charge in [-0.1, -0.05) is 12.6 Å². The van der Waals surface area contributed by atoms with Crippen LogP contribution in [0.3, 0.4) is 0 Å². The van der Waals surface area contributed by atoms with Crippen LogP contribution < -0.4 is 19.9 Å². The Morgan fingerprint density at radius 3 is 2.68 bits per heavy atom. The molecular weight excluding hydrogens is 444 g/mol. The molecule has 0 spiro atoms. The van der Waals surface area contributed by atoms with Gasteiger partial charge in [0.2, 0.25) is 11.7 Å². The largest absolute Gasteiger partial charge is 0.477 e. The molecule has 2 aromatic carbocycles. The van der Waals surface area contributed by atoms with Gasteiger partial charge in [-0.15, -0.1) is 0 Å². The number of benzene rings is 2. The van der Waals surface area contributed by atoms with Crippen LogP contribution in [-0.4, -0.2) is 40.2 Å². The second kappa shape index (κ2) is 8.47. The van der Waals surface area contributed by atoms with Crippen LogP contribution in [-0.2, 0) is 4.79 Å². The molecule has 0 radical (unpaired) electrons. The monoisotopic (exact) mass is 468 g/mol. The number of amides is 1. The molecular formula is C24H24F2N5O3+. The van der Waals surface area contributed by atoms with Gasteiger partial charge >= 0.3 is 5.91 Å². The van der Waals surface area contributed by atoms with Gasteiger partial charge in [0.25, 0.3) is 0 Å². The number of hydrogen-bond acceptors (Lipinski definition) is 7. The fourth-order valence-corrected chi connectivity index (χ4v) is 3.60. The van der Waals surface area contributed by atoms with E-state index >= 15 is 4.39 Å². The minimum atomic E-state index is -1.14. The van der Waals surface area contributed by atoms with Crippen molar-refractivity contribution in [3.05, 3.63) is 66.9 Å². The molecule has 176 valence electrons. The van der Waals surface area contributed by atoms with E-state index in [0.29, 0.717) is 11.4 Å². The summed E-state index contributed by atoms with van der Waals surface area (Å²) in [5, 5.41) is 15.5. The van der Waals surface area contributed by atoms with Crippen LogP contribution in [0.5, 0.6) is 5.75 Å². The van der Waals surface area contributed by atoms with E-state index in [4.69, 9.17) is 4.74 Å². The second-order valence-corrected chi connectivity index (χ2v) is 8.57. The molecule has 2 heterocycles. The number of quaternary nitrogens is 1. The molecule has 0 saturated carbocycles. The summed E-state index contributed by atoms with van der Waals surface area (Å²) < 4.78 is 35.2. The fourth-order valence-electron chi connectivity index (χ4n) is 3.60. The van der Waals surface area contributed by atoms with Crippen molar-refractivity contribution in [3.8, 4) is 5.75 Å². The Hall–Kier alpha value is -3.89. The van der Waals surface area contributed by atoms with Crippen LogP contribution in [0.1, 0.15) is 13.8 Å². The Kier molecular flexibility index (Phi) is 5.80. The normalized spacial score (nSPS) is 16.9. The molecule has 1 amide bonds. The molecule has 1 aliphatic rings. The lowest BCUT2D eigenvalue weighted by atomic mass is 10.1. The molecule has 4 rings (SSSR count). The van der Waals surface area contributed by atoms with Crippen molar-refractivity contribution in [2.24, 2.45) is 0 Å². The van der Waals surface area contributed by atoms with Crippen LogP contribution in [0, 0.1) is 11.6 Å². The van der Waals surface area contributed by atoms with Crippen molar-refractivity contribution in [1.82, 2.24) is 14.5 Å². The van der Waals surface area contributed by atoms with Crippen LogP contribution in [0.2, 0.25) is 0 Å². The molecule has 8 nitrogen and oxygen atoms in total. The number of nitrogens with zero attached hydrogens (tertiary/aromatic N) is 3. The van der Waals surface area contributed by atoms with E-state index < -0.39 is 34.2 Å². The lowest BCUT2D eigenvalue weighted by Gasteiger charge is -2.34. The van der Waals surface area contributed by atoms with E-state index in [-0.39, 0.29) is 28.9 Å². The quantitative estimate of drug-likeness (QED) is 0.378. The highest BCUT2D eigenvalue weighted by Crippen LogP contribution is 2.45. The smallest absolute Gasteiger partial charge is 0.348 e. The summed E-state index contributed by atoms with van der Waals surface area (Å²) in [6.45, 7) is 6.42. The Labute approximate surface area is 195 Å². The highest BCUT2D eigenvalue weighted by molar-refractivity contribution is 6.03. The van der Waals surface area contributed by atoms with Gasteiger partial charge in [-0.25, -0.2) is 18.6 Å². The summed E-state index contributed by atoms with van der Waals surface area (Å²) >= 11 is 0. The maximum absolute atomic E-state index is 15.5. The minimum absolute atomic E-state index is 0.0135. The summed E-state index contributed by atoms with van der Waals surface area (Å²) in [4.78, 5) is 21.4. The first-order valence-corrected chi connectivity index (χ1v) is 10.4. The van der Waals surface area contributed by atoms with Crippen molar-refractivity contribution in [2.45, 2.75) is 19.4 Å². The number of aromatic nitrogens is 2. The van der Waals surface area contributed by atoms with Crippen molar-refractivity contribution >= 4 is 40.4 Å². The fraction of sp³-hybridized carbons (Fsp3) is 0.208. The zero-order chi connectivity index (χ0) is 24.7. The topological polar surface area (TPSA) is 96.4 Å². The number of ether oxygens (including phenoxy) is 1. The lowest BCUT2D eigenvalue weighted by Crippen LogP contribution is -2.46. The summed E-state index contributed by atoms with van der Waals surface area (Å²) in [7, 11) is 1.57. The number of aliphatic hydroxyl groups excluding tert-OH is 1. The zero-order valence-corrected chi connectivity index (χ0v) is 18.9. The van der Waals surface area contributed by atoms with Gasteiger partial charge in [-0.2, -0.15) is 9.47 Å². The van der Waals surface area contributed by atoms with E-state index in [2.05, 4.69) is 27.2 Å². The lowest BCUT2D eigenvalue weighted by molar-refractivity contribution is -0.121. The standard InChI is InChI=1S/C24H24F2N5O3/c1-5-20(33)31(4)16-8-6-7-14(9-16)28-22-18(26)12-27-23(30-22)29-15-10-17(25)21(19(31)11-15)34-24(2,3)13-32/h5-12,32H,1,13H2,2-4H3,(H2,27,28,29,30)/q+1. The Morgan fingerprint density at radius 2 is 1.97 bits per heavy atom. The van der Waals surface area contributed by atoms with Crippen molar-refractivity contribution < 1.29 is 23.4 Å². The maximum Gasteiger partial charge on any atom is 0.348 e. The van der Waals surface area contributed by atoms with Crippen molar-refractivity contribution in [2.75, 3.05) is 24.3 Å². The van der Waals surface area contributed by atoms with Crippen molar-refractivity contribution in [1.29, 1.82) is 0 Å². The third kappa shape index (κ3) is 4.09. The van der Waals surface area contributed by atoms with E-state index in [1.807, 2.05) is 0 Å². The van der Waals surface area contributed by atoms with E-state index in [1.165, 1.54) is 6.07 Å². The highest BCUT2D eigenvalue weighted by atomic mass is 19.1. The molecule has 0 fully saturated rings. The molecule has 1 atom stereocenters. The summed E-state index contributed by atoms with van der Waals surface area (Å²) in [5.74, 6) is -2.23. The van der Waals surface area contributed by atoms with Crippen LogP contribution >= 0.6 is 0 Å². The molecule has 10 heteroatoms. The molecule has 1 aromatic heterocycles. The average molecular weight is 468 g/mol. The number of anilines is 4. The van der Waals surface area contributed by atoms with Gasteiger partial charge in [0, 0.05) is 36.0 Å². The number of carbonyl (C=O) groups is 1. The molecule has 3 N–H and O–H groups in total. The maximum atomic E-state index is 15.5. The number of halogens is 2. The van der Waals surface area contributed by atoms with Crippen molar-refractivity contribution in [3.63, 3.8) is 0 Å². The predicted octanol–water partition coefficient (Wildman–Crippen LogP) is 4.69. The summed E-state index contributed by atoms with van der Waals surface area (Å²) in [5.41, 5.74) is 0.0771. The molecule has 0 aliphatic carbocycles. The number of carbonyl (C=O) groups excluding carboxylic acids is 1. The van der Waals surface area contributed by atoms with Crippen LogP contribution in [0.4, 0.5) is 43.3 Å². The zero-order valence-electron chi connectivity index (χ0n) is 18.9. The molecule has 1 aliphatic heterocycles. The van der Waals surface area contributed by atoms with Gasteiger partial charge in [0.15, 0.2) is 23.1 Å². The first-order valence-electron chi connectivity index (χ1n) is 10.4. The number of likely N-dealkylation sites (N-methyl/N-ethyl adjacent to an activating group) is 1. The first kappa shape index (κ1) is 23.3. The summed E-state index contributed by atoms with van der Waals surface area (Å²) in [6, 6.07) is 9.34. The number of fused-ring (bicyclic) bond motifs is 6. The van der Waals surface area contributed by atoms with Gasteiger partial charge < -0.3 is 20.5 Å². The third-order valence-corrected chi connectivity index (χ3v) is 5.51. The van der Waals surface area contributed by atoms with E-state index in [9.17, 15) is 14.3 Å². The Morgan fingerprint density at radius 1 is 1.21 bits per heavy atom. The predicted molar refractivity (Wildman–Crippen MR) is 126 cm³/mol.